The predicted octanol–water partition coefficient (Wildman–Crippen LogP) is 4.82. The topological polar surface area (TPSA) is 99.4 Å². The number of ether oxygens (including phenoxy) is 2. The lowest BCUT2D eigenvalue weighted by atomic mass is 9.76. The van der Waals surface area contributed by atoms with E-state index in [1.54, 1.807) is 6.20 Å². The van der Waals surface area contributed by atoms with Crippen LogP contribution in [0.5, 0.6) is 5.75 Å². The molecule has 2 aromatic heterocycles. The molecule has 1 saturated heterocycles. The third-order valence-corrected chi connectivity index (χ3v) is 6.76. The number of aromatic nitrogens is 2. The zero-order valence-electron chi connectivity index (χ0n) is 20.2. The Morgan fingerprint density at radius 3 is 2.51 bits per heavy atom. The summed E-state index contributed by atoms with van der Waals surface area (Å²) in [5.41, 5.74) is 6.12. The van der Waals surface area contributed by atoms with E-state index in [-0.39, 0.29) is 29.5 Å². The van der Waals surface area contributed by atoms with Gasteiger partial charge in [-0.2, -0.15) is 0 Å². The molecule has 10 heteroatoms. The smallest absolute Gasteiger partial charge is 0.274 e. The van der Waals surface area contributed by atoms with Crippen LogP contribution in [0.1, 0.15) is 48.2 Å². The number of carbonyl (C=O) groups is 1. The summed E-state index contributed by atoms with van der Waals surface area (Å²) in [6, 6.07) is 5.95. The van der Waals surface area contributed by atoms with Gasteiger partial charge in [-0.1, -0.05) is 6.92 Å². The molecule has 7 nitrogen and oxygen atoms in total. The van der Waals surface area contributed by atoms with E-state index >= 15 is 0 Å². The van der Waals surface area contributed by atoms with Crippen LogP contribution in [0.3, 0.4) is 0 Å². The Balaban J connectivity index is 1.40. The van der Waals surface area contributed by atoms with Gasteiger partial charge in [-0.25, -0.2) is 18.2 Å². The summed E-state index contributed by atoms with van der Waals surface area (Å²) in [6.07, 6.45) is 5.54. The molecular weight excluding hydrogens is 485 g/mol. The number of pyridine rings is 2. The van der Waals surface area contributed by atoms with Crippen LogP contribution < -0.4 is 15.8 Å². The normalized spacial score (nSPS) is 21.8. The summed E-state index contributed by atoms with van der Waals surface area (Å²) in [7, 11) is 0. The molecule has 37 heavy (non-hydrogen) atoms. The van der Waals surface area contributed by atoms with Crippen molar-refractivity contribution in [2.45, 2.75) is 44.2 Å². The Labute approximate surface area is 212 Å². The third kappa shape index (κ3) is 5.45. The molecule has 1 aliphatic carbocycles. The molecule has 1 saturated carbocycles. The molecule has 5 rings (SSSR count). The first-order valence-corrected chi connectivity index (χ1v) is 12.2. The highest BCUT2D eigenvalue weighted by Gasteiger charge is 2.28. The van der Waals surface area contributed by atoms with Crippen molar-refractivity contribution in [1.82, 2.24) is 9.97 Å². The molecule has 194 valence electrons. The lowest BCUT2D eigenvalue weighted by Crippen LogP contribution is -2.38. The van der Waals surface area contributed by atoms with E-state index in [1.165, 1.54) is 6.20 Å². The summed E-state index contributed by atoms with van der Waals surface area (Å²) in [4.78, 5) is 21.2. The Kier molecular flexibility index (Phi) is 7.12. The average Bonchev–Trinajstić information content (AvgIpc) is 2.82. The van der Waals surface area contributed by atoms with E-state index in [9.17, 15) is 18.0 Å². The van der Waals surface area contributed by atoms with E-state index in [0.29, 0.717) is 24.8 Å². The molecule has 3 aromatic rings. The highest BCUT2D eigenvalue weighted by Crippen LogP contribution is 2.38. The van der Waals surface area contributed by atoms with Crippen LogP contribution >= 0.6 is 0 Å². The first-order chi connectivity index (χ1) is 17.8. The van der Waals surface area contributed by atoms with Gasteiger partial charge in [-0.15, -0.1) is 0 Å². The maximum absolute atomic E-state index is 14.9. The number of halogens is 3. The van der Waals surface area contributed by atoms with Crippen molar-refractivity contribution in [3.63, 3.8) is 0 Å². The van der Waals surface area contributed by atoms with Crippen molar-refractivity contribution in [2.75, 3.05) is 18.5 Å². The average molecular weight is 513 g/mol. The second-order valence-electron chi connectivity index (χ2n) is 9.75. The summed E-state index contributed by atoms with van der Waals surface area (Å²) in [5, 5.41) is 2.78. The van der Waals surface area contributed by atoms with Crippen molar-refractivity contribution in [2.24, 2.45) is 11.7 Å². The fraction of sp³-hybridized carbons (Fsp3) is 0.370. The monoisotopic (exact) mass is 512 g/mol. The highest BCUT2D eigenvalue weighted by atomic mass is 19.1. The summed E-state index contributed by atoms with van der Waals surface area (Å²) >= 11 is 0. The molecule has 3 heterocycles. The molecule has 1 amide bonds. The summed E-state index contributed by atoms with van der Waals surface area (Å²) in [6.45, 7) is 2.79. The molecule has 1 aliphatic heterocycles. The highest BCUT2D eigenvalue weighted by molar-refractivity contribution is 6.03. The zero-order chi connectivity index (χ0) is 26.1. The number of carbonyl (C=O) groups excluding carboxylic acids is 1. The SMILES string of the molecule is C[C@@H]1C[C@@H](N)C[C@H](c2ccncc2NC(=O)c2ccc(F)c(-c3c(F)cc(OC4COC4)cc3F)n2)C1. The molecular formula is C27H27F3N4O3. The van der Waals surface area contributed by atoms with Gasteiger partial charge in [-0.05, 0) is 54.9 Å². The second kappa shape index (κ2) is 10.5. The van der Waals surface area contributed by atoms with Crippen LogP contribution in [0.15, 0.2) is 42.7 Å². The van der Waals surface area contributed by atoms with E-state index in [2.05, 4.69) is 22.2 Å². The quantitative estimate of drug-likeness (QED) is 0.491. The van der Waals surface area contributed by atoms with Crippen LogP contribution in [-0.2, 0) is 4.74 Å². The number of nitrogens with two attached hydrogens (primary N) is 1. The van der Waals surface area contributed by atoms with Crippen molar-refractivity contribution in [1.29, 1.82) is 0 Å². The molecule has 0 bridgehead atoms. The minimum absolute atomic E-state index is 0.0396. The van der Waals surface area contributed by atoms with Gasteiger partial charge in [0.25, 0.3) is 5.91 Å². The van der Waals surface area contributed by atoms with Gasteiger partial charge in [0, 0.05) is 24.4 Å². The standard InChI is InChI=1S/C27H27F3N4O3/c1-14-6-15(8-16(31)7-14)19-4-5-32-11-24(19)34-27(35)23-3-2-20(28)26(33-23)25-21(29)9-17(10-22(25)30)37-18-12-36-13-18/h2-5,9-11,14-16,18H,6-8,12-13,31H2,1H3,(H,34,35)/t14-,15+,16+/m0/s1. The van der Waals surface area contributed by atoms with E-state index < -0.39 is 34.6 Å². The molecule has 2 aliphatic rings. The molecule has 0 radical (unpaired) electrons. The van der Waals surface area contributed by atoms with Crippen LogP contribution in [0.2, 0.25) is 0 Å². The summed E-state index contributed by atoms with van der Waals surface area (Å²) < 4.78 is 54.8. The maximum Gasteiger partial charge on any atom is 0.274 e. The van der Waals surface area contributed by atoms with Crippen molar-refractivity contribution in [3.05, 3.63) is 71.4 Å². The van der Waals surface area contributed by atoms with Crippen LogP contribution in [0, 0.1) is 23.4 Å². The van der Waals surface area contributed by atoms with Gasteiger partial charge < -0.3 is 20.5 Å². The maximum atomic E-state index is 14.9. The molecule has 0 spiro atoms. The number of rotatable bonds is 6. The first kappa shape index (κ1) is 25.2. The molecule has 0 unspecified atom stereocenters. The number of nitrogens with one attached hydrogen (secondary N) is 1. The van der Waals surface area contributed by atoms with Crippen LogP contribution in [0.25, 0.3) is 11.3 Å². The number of hydrogen-bond donors (Lipinski definition) is 2. The second-order valence-corrected chi connectivity index (χ2v) is 9.75. The Morgan fingerprint density at radius 1 is 1.08 bits per heavy atom. The van der Waals surface area contributed by atoms with Crippen LogP contribution in [-0.4, -0.2) is 41.2 Å². The third-order valence-electron chi connectivity index (χ3n) is 6.76. The van der Waals surface area contributed by atoms with Gasteiger partial charge in [0.1, 0.15) is 40.7 Å². The number of anilines is 1. The fourth-order valence-corrected chi connectivity index (χ4v) is 5.03. The lowest BCUT2D eigenvalue weighted by molar-refractivity contribution is -0.0798. The number of nitrogens with zero attached hydrogens (tertiary/aromatic N) is 2. The fourth-order valence-electron chi connectivity index (χ4n) is 5.03. The van der Waals surface area contributed by atoms with E-state index in [0.717, 1.165) is 49.1 Å². The van der Waals surface area contributed by atoms with Crippen molar-refractivity contribution < 1.29 is 27.4 Å². The molecule has 1 aromatic carbocycles. The van der Waals surface area contributed by atoms with Crippen molar-refractivity contribution in [3.8, 4) is 17.0 Å². The summed E-state index contributed by atoms with van der Waals surface area (Å²) in [5.74, 6) is -3.20. The van der Waals surface area contributed by atoms with Gasteiger partial charge in [0.2, 0.25) is 0 Å². The van der Waals surface area contributed by atoms with Gasteiger partial charge >= 0.3 is 0 Å². The minimum Gasteiger partial charge on any atom is -0.485 e. The van der Waals surface area contributed by atoms with E-state index in [4.69, 9.17) is 15.2 Å². The van der Waals surface area contributed by atoms with Gasteiger partial charge in [0.15, 0.2) is 0 Å². The predicted molar refractivity (Wildman–Crippen MR) is 131 cm³/mol. The van der Waals surface area contributed by atoms with Gasteiger partial charge in [-0.3, -0.25) is 9.78 Å². The van der Waals surface area contributed by atoms with Crippen LogP contribution in [0.4, 0.5) is 18.9 Å². The lowest BCUT2D eigenvalue weighted by Gasteiger charge is -2.32. The molecule has 3 atom stereocenters. The minimum atomic E-state index is -1.06. The van der Waals surface area contributed by atoms with E-state index in [1.807, 2.05) is 6.07 Å². The van der Waals surface area contributed by atoms with Gasteiger partial charge in [0.05, 0.1) is 30.7 Å². The Bertz CT molecular complexity index is 1280. The first-order valence-electron chi connectivity index (χ1n) is 12.2. The Hall–Kier alpha value is -3.50. The zero-order valence-corrected chi connectivity index (χ0v) is 20.2. The number of benzene rings is 1. The molecule has 2 fully saturated rings. The number of hydrogen-bond acceptors (Lipinski definition) is 6. The molecule has 3 N–H and O–H groups in total. The Morgan fingerprint density at radius 2 is 1.84 bits per heavy atom. The largest absolute Gasteiger partial charge is 0.485 e. The van der Waals surface area contributed by atoms with Crippen molar-refractivity contribution >= 4 is 11.6 Å². The number of amides is 1.